The lowest BCUT2D eigenvalue weighted by Crippen LogP contribution is -2.53. The topological polar surface area (TPSA) is 45.2 Å². The highest BCUT2D eigenvalue weighted by molar-refractivity contribution is 7.13. The summed E-state index contributed by atoms with van der Waals surface area (Å²) in [5.41, 5.74) is 1.64. The molecule has 1 aliphatic rings. The van der Waals surface area contributed by atoms with E-state index >= 15 is 0 Å². The van der Waals surface area contributed by atoms with Gasteiger partial charge in [-0.2, -0.15) is 0 Å². The molecule has 2 aromatic rings. The molecule has 1 atom stereocenters. The molecule has 1 aromatic heterocycles. The van der Waals surface area contributed by atoms with Crippen LogP contribution in [0.15, 0.2) is 35.8 Å². The van der Waals surface area contributed by atoms with Crippen molar-refractivity contribution in [2.45, 2.75) is 26.3 Å². The second kappa shape index (κ2) is 5.85. The maximum atomic E-state index is 12.6. The number of benzene rings is 1. The zero-order valence-corrected chi connectivity index (χ0v) is 13.1. The van der Waals surface area contributed by atoms with E-state index in [0.717, 1.165) is 29.3 Å². The molecule has 1 N–H and O–H groups in total. The Morgan fingerprint density at radius 1 is 1.48 bits per heavy atom. The summed E-state index contributed by atoms with van der Waals surface area (Å²) >= 11 is 1.54. The molecule has 21 heavy (non-hydrogen) atoms. The first-order chi connectivity index (χ1) is 10.1. The molecule has 0 aliphatic carbocycles. The smallest absolute Gasteiger partial charge is 0.254 e. The van der Waals surface area contributed by atoms with Crippen LogP contribution >= 0.6 is 11.3 Å². The van der Waals surface area contributed by atoms with Gasteiger partial charge in [-0.3, -0.25) is 4.79 Å². The van der Waals surface area contributed by atoms with Gasteiger partial charge in [0.1, 0.15) is 0 Å². The molecule has 110 valence electrons. The number of carbonyl (C=O) groups is 1. The van der Waals surface area contributed by atoms with Crippen molar-refractivity contribution in [3.8, 4) is 0 Å². The van der Waals surface area contributed by atoms with E-state index in [1.54, 1.807) is 17.5 Å². The average molecular weight is 301 g/mol. The number of nitrogens with zero attached hydrogens (tertiary/aromatic N) is 2. The molecule has 1 aromatic carbocycles. The molecule has 5 heteroatoms. The number of nitrogens with one attached hydrogen (secondary N) is 1. The Morgan fingerprint density at radius 2 is 2.33 bits per heavy atom. The van der Waals surface area contributed by atoms with Gasteiger partial charge in [0.25, 0.3) is 5.91 Å². The van der Waals surface area contributed by atoms with E-state index in [1.807, 2.05) is 34.5 Å². The third-order valence-corrected chi connectivity index (χ3v) is 4.58. The normalized spacial score (nSPS) is 17.7. The maximum Gasteiger partial charge on any atom is 0.254 e. The number of aromatic nitrogens is 1. The van der Waals surface area contributed by atoms with Crippen molar-refractivity contribution in [2.24, 2.45) is 5.92 Å². The molecule has 4 nitrogen and oxygen atoms in total. The molecule has 0 bridgehead atoms. The molecule has 0 spiro atoms. The third kappa shape index (κ3) is 2.93. The Kier molecular flexibility index (Phi) is 3.92. The molecule has 1 aliphatic heterocycles. The molecular formula is C16H19N3OS. The van der Waals surface area contributed by atoms with E-state index in [0.29, 0.717) is 12.0 Å². The van der Waals surface area contributed by atoms with Crippen molar-refractivity contribution in [2.75, 3.05) is 11.9 Å². The van der Waals surface area contributed by atoms with Crippen LogP contribution in [0, 0.1) is 5.92 Å². The predicted molar refractivity (Wildman–Crippen MR) is 86.1 cm³/mol. The lowest BCUT2D eigenvalue weighted by molar-refractivity contribution is 0.0348. The SMILES string of the molecule is CC(C)C1CCN1C(=O)c1cccc(Nc2nccs2)c1. The summed E-state index contributed by atoms with van der Waals surface area (Å²) in [4.78, 5) is 18.8. The van der Waals surface area contributed by atoms with E-state index in [9.17, 15) is 4.79 Å². The fraction of sp³-hybridized carbons (Fsp3) is 0.375. The van der Waals surface area contributed by atoms with E-state index in [1.165, 1.54) is 0 Å². The Bertz CT molecular complexity index is 624. The van der Waals surface area contributed by atoms with Crippen LogP contribution in [0.1, 0.15) is 30.6 Å². The quantitative estimate of drug-likeness (QED) is 0.935. The van der Waals surface area contributed by atoms with Gasteiger partial charge in [-0.1, -0.05) is 19.9 Å². The van der Waals surface area contributed by atoms with E-state index in [4.69, 9.17) is 0 Å². The number of anilines is 2. The summed E-state index contributed by atoms with van der Waals surface area (Å²) in [6, 6.07) is 8.03. The maximum absolute atomic E-state index is 12.6. The van der Waals surface area contributed by atoms with Crippen molar-refractivity contribution in [3.63, 3.8) is 0 Å². The standard InChI is InChI=1S/C16H19N3OS/c1-11(2)14-6-8-19(14)15(20)12-4-3-5-13(10-12)18-16-17-7-9-21-16/h3-5,7,9-11,14H,6,8H2,1-2H3,(H,17,18). The van der Waals surface area contributed by atoms with Gasteiger partial charge in [0.15, 0.2) is 5.13 Å². The molecule has 1 unspecified atom stereocenters. The van der Waals surface area contributed by atoms with Crippen LogP contribution in [0.25, 0.3) is 0 Å². The summed E-state index contributed by atoms with van der Waals surface area (Å²) in [5.74, 6) is 0.641. The highest BCUT2D eigenvalue weighted by Crippen LogP contribution is 2.27. The second-order valence-electron chi connectivity index (χ2n) is 5.64. The monoisotopic (exact) mass is 301 g/mol. The van der Waals surface area contributed by atoms with Crippen LogP contribution in [0.3, 0.4) is 0 Å². The van der Waals surface area contributed by atoms with Crippen molar-refractivity contribution in [1.82, 2.24) is 9.88 Å². The summed E-state index contributed by atoms with van der Waals surface area (Å²) in [6.45, 7) is 5.21. The van der Waals surface area contributed by atoms with Gasteiger partial charge < -0.3 is 10.2 Å². The highest BCUT2D eigenvalue weighted by Gasteiger charge is 2.34. The van der Waals surface area contributed by atoms with Crippen molar-refractivity contribution < 1.29 is 4.79 Å². The molecule has 1 fully saturated rings. The summed E-state index contributed by atoms with van der Waals surface area (Å²) < 4.78 is 0. The van der Waals surface area contributed by atoms with Gasteiger partial charge in [0.2, 0.25) is 0 Å². The molecule has 0 radical (unpaired) electrons. The van der Waals surface area contributed by atoms with Crippen LogP contribution in [-0.2, 0) is 0 Å². The van der Waals surface area contributed by atoms with E-state index < -0.39 is 0 Å². The largest absolute Gasteiger partial charge is 0.335 e. The van der Waals surface area contributed by atoms with Crippen LogP contribution < -0.4 is 5.32 Å². The number of hydrogen-bond donors (Lipinski definition) is 1. The highest BCUT2D eigenvalue weighted by atomic mass is 32.1. The molecule has 1 saturated heterocycles. The van der Waals surface area contributed by atoms with Gasteiger partial charge in [-0.15, -0.1) is 11.3 Å². The predicted octanol–water partition coefficient (Wildman–Crippen LogP) is 3.76. The van der Waals surface area contributed by atoms with Crippen LogP contribution in [0.4, 0.5) is 10.8 Å². The van der Waals surface area contributed by atoms with E-state index in [2.05, 4.69) is 24.1 Å². The molecular weight excluding hydrogens is 282 g/mol. The van der Waals surface area contributed by atoms with Crippen molar-refractivity contribution in [1.29, 1.82) is 0 Å². The number of hydrogen-bond acceptors (Lipinski definition) is 4. The first kappa shape index (κ1) is 14.1. The zero-order chi connectivity index (χ0) is 14.8. The van der Waals surface area contributed by atoms with E-state index in [-0.39, 0.29) is 5.91 Å². The van der Waals surface area contributed by atoms with Gasteiger partial charge in [0.05, 0.1) is 0 Å². The fourth-order valence-corrected chi connectivity index (χ4v) is 3.21. The molecule has 0 saturated carbocycles. The number of amides is 1. The lowest BCUT2D eigenvalue weighted by atomic mass is 9.91. The first-order valence-electron chi connectivity index (χ1n) is 7.22. The first-order valence-corrected chi connectivity index (χ1v) is 8.10. The summed E-state index contributed by atoms with van der Waals surface area (Å²) in [7, 11) is 0. The lowest BCUT2D eigenvalue weighted by Gasteiger charge is -2.43. The Balaban J connectivity index is 1.75. The summed E-state index contributed by atoms with van der Waals surface area (Å²) in [6.07, 6.45) is 2.87. The Labute approximate surface area is 128 Å². The van der Waals surface area contributed by atoms with Crippen LogP contribution in [-0.4, -0.2) is 28.4 Å². The second-order valence-corrected chi connectivity index (χ2v) is 6.54. The minimum atomic E-state index is 0.128. The Hall–Kier alpha value is -1.88. The zero-order valence-electron chi connectivity index (χ0n) is 12.2. The van der Waals surface area contributed by atoms with Gasteiger partial charge >= 0.3 is 0 Å². The minimum absolute atomic E-state index is 0.128. The number of rotatable bonds is 4. The third-order valence-electron chi connectivity index (χ3n) is 3.89. The van der Waals surface area contributed by atoms with Gasteiger partial charge in [0, 0.05) is 35.4 Å². The minimum Gasteiger partial charge on any atom is -0.335 e. The molecule has 1 amide bonds. The van der Waals surface area contributed by atoms with Crippen LogP contribution in [0.2, 0.25) is 0 Å². The van der Waals surface area contributed by atoms with Gasteiger partial charge in [-0.25, -0.2) is 4.98 Å². The molecule has 3 rings (SSSR count). The average Bonchev–Trinajstić information content (AvgIpc) is 2.90. The fourth-order valence-electron chi connectivity index (χ4n) is 2.66. The summed E-state index contributed by atoms with van der Waals surface area (Å²) in [5, 5.41) is 5.98. The van der Waals surface area contributed by atoms with Crippen molar-refractivity contribution in [3.05, 3.63) is 41.4 Å². The van der Waals surface area contributed by atoms with Crippen LogP contribution in [0.5, 0.6) is 0 Å². The van der Waals surface area contributed by atoms with Gasteiger partial charge in [-0.05, 0) is 30.5 Å². The molecule has 2 heterocycles. The Morgan fingerprint density at radius 3 is 2.95 bits per heavy atom. The van der Waals surface area contributed by atoms with Crippen molar-refractivity contribution >= 4 is 28.1 Å². The number of likely N-dealkylation sites (tertiary alicyclic amines) is 1. The number of carbonyl (C=O) groups excluding carboxylic acids is 1. The number of thiazole rings is 1.